The highest BCUT2D eigenvalue weighted by atomic mass is 32.1. The van der Waals surface area contributed by atoms with Crippen molar-refractivity contribution in [2.24, 2.45) is 0 Å². The number of anilines is 1. The van der Waals surface area contributed by atoms with E-state index in [4.69, 9.17) is 10.5 Å². The first kappa shape index (κ1) is 13.3. The predicted octanol–water partition coefficient (Wildman–Crippen LogP) is 1.72. The van der Waals surface area contributed by atoms with Gasteiger partial charge in [-0.2, -0.15) is 0 Å². The van der Waals surface area contributed by atoms with Gasteiger partial charge in [-0.05, 0) is 33.6 Å². The second-order valence-corrected chi connectivity index (χ2v) is 6.27. The Hall–Kier alpha value is -1.14. The molecular weight excluding hydrogens is 250 g/mol. The summed E-state index contributed by atoms with van der Waals surface area (Å²) in [5, 5.41) is 3.48. The van der Waals surface area contributed by atoms with Crippen LogP contribution in [0.2, 0.25) is 0 Å². The van der Waals surface area contributed by atoms with Crippen LogP contribution in [0.4, 0.5) is 5.13 Å². The summed E-state index contributed by atoms with van der Waals surface area (Å²) in [6.45, 7) is 6.57. The number of nitrogens with two attached hydrogens (primary N) is 1. The van der Waals surface area contributed by atoms with Crippen molar-refractivity contribution in [2.75, 3.05) is 12.3 Å². The van der Waals surface area contributed by atoms with Crippen LogP contribution in [0.5, 0.6) is 0 Å². The number of nitrogens with zero attached hydrogens (tertiary/aromatic N) is 1. The summed E-state index contributed by atoms with van der Waals surface area (Å²) in [5.74, 6) is -0.0793. The second-order valence-electron chi connectivity index (χ2n) is 5.24. The molecule has 0 radical (unpaired) electrons. The Morgan fingerprint density at radius 1 is 1.61 bits per heavy atom. The number of hydrogen-bond donors (Lipinski definition) is 2. The maximum absolute atomic E-state index is 12.1. The lowest BCUT2D eigenvalue weighted by molar-refractivity contribution is -0.0615. The standard InChI is InChI=1S/C12H19N3O2S/c1-7-9(18-11(13)14-7)10(16)15-8-4-5-17-12(2,3)6-8/h8H,4-6H2,1-3H3,(H2,13,14)(H,15,16). The zero-order valence-corrected chi connectivity index (χ0v) is 11.8. The van der Waals surface area contributed by atoms with E-state index in [1.54, 1.807) is 6.92 Å². The highest BCUT2D eigenvalue weighted by molar-refractivity contribution is 7.17. The smallest absolute Gasteiger partial charge is 0.263 e. The highest BCUT2D eigenvalue weighted by Gasteiger charge is 2.30. The Kier molecular flexibility index (Phi) is 3.59. The van der Waals surface area contributed by atoms with Crippen molar-refractivity contribution in [1.29, 1.82) is 0 Å². The molecule has 0 aromatic carbocycles. The molecule has 0 aliphatic carbocycles. The summed E-state index contributed by atoms with van der Waals surface area (Å²) in [6.07, 6.45) is 1.68. The van der Waals surface area contributed by atoms with Crippen LogP contribution in [0, 0.1) is 6.92 Å². The van der Waals surface area contributed by atoms with E-state index in [1.165, 1.54) is 11.3 Å². The molecule has 1 atom stereocenters. The summed E-state index contributed by atoms with van der Waals surface area (Å²) < 4.78 is 5.63. The molecule has 1 aromatic heterocycles. The number of nitrogen functional groups attached to an aromatic ring is 1. The van der Waals surface area contributed by atoms with Gasteiger partial charge < -0.3 is 15.8 Å². The van der Waals surface area contributed by atoms with Crippen molar-refractivity contribution in [3.8, 4) is 0 Å². The third kappa shape index (κ3) is 3.00. The third-order valence-electron chi connectivity index (χ3n) is 3.05. The number of nitrogens with one attached hydrogen (secondary N) is 1. The lowest BCUT2D eigenvalue weighted by Crippen LogP contribution is -2.45. The SMILES string of the molecule is Cc1nc(N)sc1C(=O)NC1CCOC(C)(C)C1. The predicted molar refractivity (Wildman–Crippen MR) is 71.8 cm³/mol. The maximum Gasteiger partial charge on any atom is 0.263 e. The zero-order valence-electron chi connectivity index (χ0n) is 10.9. The monoisotopic (exact) mass is 269 g/mol. The lowest BCUT2D eigenvalue weighted by Gasteiger charge is -2.35. The molecule has 1 amide bonds. The Morgan fingerprint density at radius 2 is 2.33 bits per heavy atom. The van der Waals surface area contributed by atoms with Gasteiger partial charge in [-0.3, -0.25) is 4.79 Å². The number of amides is 1. The minimum absolute atomic E-state index is 0.0793. The van der Waals surface area contributed by atoms with Crippen LogP contribution in [0.15, 0.2) is 0 Å². The van der Waals surface area contributed by atoms with Crippen molar-refractivity contribution in [3.63, 3.8) is 0 Å². The number of hydrogen-bond acceptors (Lipinski definition) is 5. The van der Waals surface area contributed by atoms with Crippen molar-refractivity contribution >= 4 is 22.4 Å². The number of aryl methyl sites for hydroxylation is 1. The van der Waals surface area contributed by atoms with Gasteiger partial charge in [0.1, 0.15) is 4.88 Å². The molecule has 1 aromatic rings. The fourth-order valence-corrected chi connectivity index (χ4v) is 2.97. The van der Waals surface area contributed by atoms with Crippen molar-refractivity contribution in [1.82, 2.24) is 10.3 Å². The van der Waals surface area contributed by atoms with E-state index in [1.807, 2.05) is 13.8 Å². The highest BCUT2D eigenvalue weighted by Crippen LogP contribution is 2.25. The van der Waals surface area contributed by atoms with Crippen LogP contribution < -0.4 is 11.1 Å². The van der Waals surface area contributed by atoms with Crippen molar-refractivity contribution in [3.05, 3.63) is 10.6 Å². The molecule has 1 saturated heterocycles. The first-order chi connectivity index (χ1) is 8.37. The van der Waals surface area contributed by atoms with Gasteiger partial charge in [-0.15, -0.1) is 0 Å². The first-order valence-electron chi connectivity index (χ1n) is 6.05. The molecular formula is C12H19N3O2S. The number of carbonyl (C=O) groups is 1. The van der Waals surface area contributed by atoms with Gasteiger partial charge in [0.2, 0.25) is 0 Å². The summed E-state index contributed by atoms with van der Waals surface area (Å²) in [6, 6.07) is 0.156. The zero-order chi connectivity index (χ0) is 13.3. The maximum atomic E-state index is 12.1. The number of thiazole rings is 1. The van der Waals surface area contributed by atoms with Crippen LogP contribution >= 0.6 is 11.3 Å². The molecule has 0 bridgehead atoms. The summed E-state index contributed by atoms with van der Waals surface area (Å²) in [5.41, 5.74) is 6.13. The van der Waals surface area contributed by atoms with E-state index in [2.05, 4.69) is 10.3 Å². The van der Waals surface area contributed by atoms with Gasteiger partial charge in [0.15, 0.2) is 5.13 Å². The second kappa shape index (κ2) is 4.85. The Bertz CT molecular complexity index is 456. The molecule has 1 unspecified atom stereocenters. The van der Waals surface area contributed by atoms with Gasteiger partial charge in [0, 0.05) is 12.6 Å². The fraction of sp³-hybridized carbons (Fsp3) is 0.667. The van der Waals surface area contributed by atoms with Crippen LogP contribution in [-0.4, -0.2) is 29.1 Å². The molecule has 0 spiro atoms. The molecule has 1 aliphatic rings. The average molecular weight is 269 g/mol. The molecule has 3 N–H and O–H groups in total. The molecule has 0 saturated carbocycles. The van der Waals surface area contributed by atoms with Gasteiger partial charge in [0.05, 0.1) is 11.3 Å². The van der Waals surface area contributed by atoms with E-state index in [9.17, 15) is 4.79 Å². The molecule has 100 valence electrons. The number of carbonyl (C=O) groups excluding carboxylic acids is 1. The van der Waals surface area contributed by atoms with Crippen molar-refractivity contribution < 1.29 is 9.53 Å². The topological polar surface area (TPSA) is 77.2 Å². The number of ether oxygens (including phenoxy) is 1. The van der Waals surface area contributed by atoms with E-state index in [0.717, 1.165) is 12.8 Å². The first-order valence-corrected chi connectivity index (χ1v) is 6.87. The largest absolute Gasteiger partial charge is 0.375 e. The van der Waals surface area contributed by atoms with Gasteiger partial charge in [-0.1, -0.05) is 11.3 Å². The molecule has 1 fully saturated rings. The van der Waals surface area contributed by atoms with Gasteiger partial charge in [-0.25, -0.2) is 4.98 Å². The molecule has 2 heterocycles. The fourth-order valence-electron chi connectivity index (χ4n) is 2.23. The number of aromatic nitrogens is 1. The minimum Gasteiger partial charge on any atom is -0.375 e. The lowest BCUT2D eigenvalue weighted by atomic mass is 9.94. The third-order valence-corrected chi connectivity index (χ3v) is 4.04. The van der Waals surface area contributed by atoms with Crippen LogP contribution in [-0.2, 0) is 4.74 Å². The Morgan fingerprint density at radius 3 is 2.89 bits per heavy atom. The quantitative estimate of drug-likeness (QED) is 0.857. The summed E-state index contributed by atoms with van der Waals surface area (Å²) in [4.78, 5) is 16.8. The van der Waals surface area contributed by atoms with E-state index < -0.39 is 0 Å². The van der Waals surface area contributed by atoms with Crippen LogP contribution in [0.25, 0.3) is 0 Å². The molecule has 2 rings (SSSR count). The van der Waals surface area contributed by atoms with E-state index in [-0.39, 0.29) is 17.6 Å². The summed E-state index contributed by atoms with van der Waals surface area (Å²) >= 11 is 1.23. The molecule has 6 heteroatoms. The van der Waals surface area contributed by atoms with Crippen LogP contribution in [0.3, 0.4) is 0 Å². The normalized spacial score (nSPS) is 22.7. The minimum atomic E-state index is -0.169. The van der Waals surface area contributed by atoms with Gasteiger partial charge >= 0.3 is 0 Å². The van der Waals surface area contributed by atoms with Crippen LogP contribution in [0.1, 0.15) is 42.1 Å². The molecule has 5 nitrogen and oxygen atoms in total. The average Bonchev–Trinajstić information content (AvgIpc) is 2.56. The summed E-state index contributed by atoms with van der Waals surface area (Å²) in [7, 11) is 0. The Balaban J connectivity index is 2.01. The van der Waals surface area contributed by atoms with E-state index in [0.29, 0.717) is 22.3 Å². The van der Waals surface area contributed by atoms with Gasteiger partial charge in [0.25, 0.3) is 5.91 Å². The van der Waals surface area contributed by atoms with E-state index >= 15 is 0 Å². The molecule has 1 aliphatic heterocycles. The Labute approximate surface area is 111 Å². The number of rotatable bonds is 2. The van der Waals surface area contributed by atoms with Crippen molar-refractivity contribution in [2.45, 2.75) is 45.3 Å². The molecule has 18 heavy (non-hydrogen) atoms.